The van der Waals surface area contributed by atoms with Gasteiger partial charge in [0.15, 0.2) is 0 Å². The first-order chi connectivity index (χ1) is 23.9. The molecule has 3 atom stereocenters. The van der Waals surface area contributed by atoms with Gasteiger partial charge in [-0.1, -0.05) is 61.2 Å². The fourth-order valence-electron chi connectivity index (χ4n) is 8.12. The fraction of sp³-hybridized carbons (Fsp3) is 0.405. The quantitative estimate of drug-likeness (QED) is 0.110. The Morgan fingerprint density at radius 2 is 1.22 bits per heavy atom. The Morgan fingerprint density at radius 3 is 1.61 bits per heavy atom. The van der Waals surface area contributed by atoms with Crippen molar-refractivity contribution in [3.8, 4) is 0 Å². The van der Waals surface area contributed by atoms with E-state index in [1.165, 1.54) is 79.7 Å². The molecule has 4 aliphatic rings. The highest BCUT2D eigenvalue weighted by Gasteiger charge is 2.71. The Bertz CT molecular complexity index is 1790. The van der Waals surface area contributed by atoms with Crippen molar-refractivity contribution >= 4 is 32.4 Å². The third-order valence-electron chi connectivity index (χ3n) is 10.5. The van der Waals surface area contributed by atoms with Gasteiger partial charge in [0.1, 0.15) is 5.60 Å². The van der Waals surface area contributed by atoms with Crippen LogP contribution in [-0.4, -0.2) is 43.5 Å². The molecule has 0 saturated heterocycles. The molecule has 51 heavy (non-hydrogen) atoms. The molecule has 0 N–H and O–H groups in total. The van der Waals surface area contributed by atoms with Crippen LogP contribution in [0.4, 0.5) is 22.0 Å². The van der Waals surface area contributed by atoms with Crippen molar-refractivity contribution in [2.75, 3.05) is 0 Å². The van der Waals surface area contributed by atoms with Gasteiger partial charge in [0.2, 0.25) is 0 Å². The molecule has 0 aliphatic heterocycles. The van der Waals surface area contributed by atoms with Crippen LogP contribution in [0.5, 0.6) is 0 Å². The predicted octanol–water partition coefficient (Wildman–Crippen LogP) is 9.00. The molecule has 0 amide bonds. The average molecular weight is 753 g/mol. The lowest BCUT2D eigenvalue weighted by Crippen LogP contribution is -2.64. The largest absolute Gasteiger partial charge is 0.455 e. The molecule has 0 aromatic heterocycles. The number of esters is 2. The normalized spacial score (nSPS) is 27.0. The van der Waals surface area contributed by atoms with Gasteiger partial charge in [0.05, 0.1) is 5.41 Å². The molecule has 3 unspecified atom stereocenters. The van der Waals surface area contributed by atoms with Gasteiger partial charge in [-0.25, -0.2) is 8.42 Å². The molecule has 4 bridgehead atoms. The van der Waals surface area contributed by atoms with Crippen LogP contribution in [-0.2, 0) is 32.8 Å². The molecule has 3 aromatic carbocycles. The van der Waals surface area contributed by atoms with Gasteiger partial charge in [-0.2, -0.15) is 30.4 Å². The van der Waals surface area contributed by atoms with Gasteiger partial charge in [-0.05, 0) is 98.6 Å². The van der Waals surface area contributed by atoms with Crippen molar-refractivity contribution in [1.82, 2.24) is 0 Å². The second-order valence-electron chi connectivity index (χ2n) is 13.9. The maximum absolute atomic E-state index is 16.4. The van der Waals surface area contributed by atoms with Crippen molar-refractivity contribution in [2.24, 2.45) is 23.2 Å². The van der Waals surface area contributed by atoms with E-state index in [4.69, 9.17) is 8.37 Å². The molecule has 0 spiro atoms. The zero-order chi connectivity index (χ0) is 37.0. The first kappa shape index (κ1) is 37.0. The summed E-state index contributed by atoms with van der Waals surface area (Å²) in [5.41, 5.74) is -2.52. The summed E-state index contributed by atoms with van der Waals surface area (Å²) in [7, 11) is -10.2. The maximum atomic E-state index is 16.4. The number of rotatable bonds is 11. The van der Waals surface area contributed by atoms with Gasteiger partial charge in [-0.3, -0.25) is 4.79 Å². The molecule has 7 nitrogen and oxygen atoms in total. The number of carbonyl (C=O) groups is 2. The first-order valence-electron chi connectivity index (χ1n) is 16.3. The number of ether oxygens (including phenoxy) is 2. The second kappa shape index (κ2) is 13.0. The van der Waals surface area contributed by atoms with Crippen LogP contribution in [0, 0.1) is 23.2 Å². The van der Waals surface area contributed by atoms with E-state index in [0.29, 0.717) is 12.8 Å². The Hall–Kier alpha value is -3.75. The van der Waals surface area contributed by atoms with Gasteiger partial charge < -0.3 is 9.47 Å². The highest BCUT2D eigenvalue weighted by Crippen LogP contribution is 2.71. The number of benzene rings is 3. The summed E-state index contributed by atoms with van der Waals surface area (Å²) in [5.74, 6) is -3.31. The van der Waals surface area contributed by atoms with Crippen LogP contribution >= 0.6 is 10.3 Å². The van der Waals surface area contributed by atoms with Crippen LogP contribution in [0.25, 0.3) is 0 Å². The minimum atomic E-state index is -6.55. The third kappa shape index (κ3) is 6.37. The standard InChI is InChI=1S/C37H37F5O7S2/c1-24(2)31(43)48-34(3)26-19-25-20-27(34)23-35(21-25,22-26)33(44)47-32(36(38,39)40)37(41,42)51(45,46)49-50(28-13-7-4-8-14-28,29-15-9-5-10-16-29)30-17-11-6-12-18-30/h4-18,25-27,32H,1,19-23H2,2-3H3. The third-order valence-corrected chi connectivity index (χ3v) is 15.7. The minimum absolute atomic E-state index is 0.0754. The molecule has 4 saturated carbocycles. The van der Waals surface area contributed by atoms with Gasteiger partial charge in [0.25, 0.3) is 6.10 Å². The molecular formula is C37H37F5O7S2. The number of alkyl halides is 5. The van der Waals surface area contributed by atoms with Crippen molar-refractivity contribution in [1.29, 1.82) is 0 Å². The molecule has 274 valence electrons. The van der Waals surface area contributed by atoms with E-state index >= 15 is 8.78 Å². The van der Waals surface area contributed by atoms with Crippen LogP contribution in [0.2, 0.25) is 0 Å². The summed E-state index contributed by atoms with van der Waals surface area (Å²) in [6.07, 6.45) is -9.48. The lowest BCUT2D eigenvalue weighted by molar-refractivity contribution is -0.271. The minimum Gasteiger partial charge on any atom is -0.455 e. The van der Waals surface area contributed by atoms with E-state index in [1.807, 2.05) is 0 Å². The topological polar surface area (TPSA) is 96.0 Å². The number of halogens is 5. The molecule has 0 heterocycles. The summed E-state index contributed by atoms with van der Waals surface area (Å²) in [5, 5.41) is -5.79. The van der Waals surface area contributed by atoms with E-state index in [2.05, 4.69) is 11.3 Å². The second-order valence-corrected chi connectivity index (χ2v) is 18.4. The zero-order valence-electron chi connectivity index (χ0n) is 27.8. The molecule has 4 fully saturated rings. The summed E-state index contributed by atoms with van der Waals surface area (Å²) in [6.45, 7) is 6.78. The summed E-state index contributed by atoms with van der Waals surface area (Å²) >= 11 is 0. The monoisotopic (exact) mass is 752 g/mol. The lowest BCUT2D eigenvalue weighted by Gasteiger charge is -2.62. The van der Waals surface area contributed by atoms with Crippen LogP contribution in [0.15, 0.2) is 118 Å². The number of hydrogen-bond acceptors (Lipinski definition) is 7. The number of hydrogen-bond donors (Lipinski definition) is 0. The Balaban J connectivity index is 1.37. The zero-order valence-corrected chi connectivity index (χ0v) is 29.4. The summed E-state index contributed by atoms with van der Waals surface area (Å²) < 4.78 is 120. The van der Waals surface area contributed by atoms with Crippen molar-refractivity contribution < 1.29 is 53.1 Å². The lowest BCUT2D eigenvalue weighted by atomic mass is 9.45. The Morgan fingerprint density at radius 1 is 0.784 bits per heavy atom. The van der Waals surface area contributed by atoms with E-state index in [9.17, 15) is 31.2 Å². The predicted molar refractivity (Wildman–Crippen MR) is 178 cm³/mol. The van der Waals surface area contributed by atoms with Gasteiger partial charge >= 0.3 is 33.5 Å². The van der Waals surface area contributed by atoms with Crippen LogP contribution in [0.1, 0.15) is 46.0 Å². The van der Waals surface area contributed by atoms with E-state index < -0.39 is 72.8 Å². The smallest absolute Gasteiger partial charge is 0.432 e. The molecule has 7 rings (SSSR count). The van der Waals surface area contributed by atoms with Gasteiger partial charge in [-0.15, -0.1) is 0 Å². The molecule has 4 aliphatic carbocycles. The van der Waals surface area contributed by atoms with Crippen molar-refractivity contribution in [2.45, 2.75) is 83.8 Å². The molecule has 14 heteroatoms. The van der Waals surface area contributed by atoms with Gasteiger partial charge in [0, 0.05) is 32.1 Å². The highest BCUT2D eigenvalue weighted by molar-refractivity contribution is 8.33. The highest BCUT2D eigenvalue weighted by atomic mass is 32.3. The average Bonchev–Trinajstić information content (AvgIpc) is 3.08. The SMILES string of the molecule is C=C(C)C(=O)OC1(C)C2CC3CC1CC(C(=O)OC(C(F)(F)F)C(F)(F)S(=O)(=O)OS(c1ccccc1)(c1ccccc1)c1ccccc1)(C3)C2. The first-order valence-corrected chi connectivity index (χ1v) is 19.3. The fourth-order valence-corrected chi connectivity index (χ4v) is 13.4. The van der Waals surface area contributed by atoms with E-state index in [0.717, 1.165) is 0 Å². The molecule has 0 radical (unpaired) electrons. The molecular weight excluding hydrogens is 716 g/mol. The van der Waals surface area contributed by atoms with Crippen molar-refractivity contribution in [3.05, 3.63) is 103 Å². The van der Waals surface area contributed by atoms with E-state index in [-0.39, 0.29) is 45.4 Å². The summed E-state index contributed by atoms with van der Waals surface area (Å²) in [6, 6.07) is 22.6. The van der Waals surface area contributed by atoms with E-state index in [1.54, 1.807) is 25.1 Å². The maximum Gasteiger partial charge on any atom is 0.432 e. The number of carbonyl (C=O) groups excluding carboxylic acids is 2. The van der Waals surface area contributed by atoms with Crippen LogP contribution < -0.4 is 0 Å². The molecule has 3 aromatic rings. The Kier molecular flexibility index (Phi) is 9.46. The Labute approximate surface area is 294 Å². The summed E-state index contributed by atoms with van der Waals surface area (Å²) in [4.78, 5) is 26.7. The van der Waals surface area contributed by atoms with Crippen molar-refractivity contribution in [3.63, 3.8) is 0 Å². The van der Waals surface area contributed by atoms with Crippen LogP contribution in [0.3, 0.4) is 0 Å².